The molecule has 1 aliphatic rings. The van der Waals surface area contributed by atoms with Crippen molar-refractivity contribution in [3.8, 4) is 0 Å². The predicted octanol–water partition coefficient (Wildman–Crippen LogP) is 2.87. The summed E-state index contributed by atoms with van der Waals surface area (Å²) in [5.41, 5.74) is 0.419. The molecular weight excluding hydrogens is 280 g/mol. The van der Waals surface area contributed by atoms with E-state index in [0.29, 0.717) is 13.0 Å². The fraction of sp³-hybridized carbons (Fsp3) is 0.529. The summed E-state index contributed by atoms with van der Waals surface area (Å²) in [6.07, 6.45) is 1.01. The lowest BCUT2D eigenvalue weighted by Crippen LogP contribution is -2.40. The molecule has 5 nitrogen and oxygen atoms in total. The van der Waals surface area contributed by atoms with Gasteiger partial charge in [-0.1, -0.05) is 30.3 Å². The van der Waals surface area contributed by atoms with E-state index in [1.807, 2.05) is 51.1 Å². The van der Waals surface area contributed by atoms with E-state index in [9.17, 15) is 9.59 Å². The molecule has 0 aromatic heterocycles. The van der Waals surface area contributed by atoms with E-state index in [-0.39, 0.29) is 11.9 Å². The SMILES string of the molecule is CC(C)(C)OC(=O)NC(CN1CCCC1=O)c1ccccc1. The Morgan fingerprint density at radius 2 is 2.00 bits per heavy atom. The Balaban J connectivity index is 2.08. The Kier molecular flexibility index (Phi) is 5.06. The normalized spacial score (nSPS) is 16.5. The topological polar surface area (TPSA) is 58.6 Å². The van der Waals surface area contributed by atoms with Crippen LogP contribution in [0.1, 0.15) is 45.2 Å². The average molecular weight is 304 g/mol. The number of hydrogen-bond donors (Lipinski definition) is 1. The minimum Gasteiger partial charge on any atom is -0.444 e. The number of likely N-dealkylation sites (tertiary alicyclic amines) is 1. The monoisotopic (exact) mass is 304 g/mol. The largest absolute Gasteiger partial charge is 0.444 e. The molecule has 2 amide bonds. The summed E-state index contributed by atoms with van der Waals surface area (Å²) in [6.45, 7) is 6.70. The van der Waals surface area contributed by atoms with Crippen molar-refractivity contribution in [1.82, 2.24) is 10.2 Å². The van der Waals surface area contributed by atoms with Crippen LogP contribution in [0.15, 0.2) is 30.3 Å². The molecule has 0 aliphatic carbocycles. The first-order valence-electron chi connectivity index (χ1n) is 7.67. The number of carbonyl (C=O) groups excluding carboxylic acids is 2. The summed E-state index contributed by atoms with van der Waals surface area (Å²) >= 11 is 0. The summed E-state index contributed by atoms with van der Waals surface area (Å²) in [4.78, 5) is 25.7. The highest BCUT2D eigenvalue weighted by molar-refractivity contribution is 5.78. The first kappa shape index (κ1) is 16.3. The molecule has 120 valence electrons. The van der Waals surface area contributed by atoms with E-state index in [4.69, 9.17) is 4.74 Å². The number of nitrogens with zero attached hydrogens (tertiary/aromatic N) is 1. The van der Waals surface area contributed by atoms with Crippen LogP contribution in [0.3, 0.4) is 0 Å². The van der Waals surface area contributed by atoms with Gasteiger partial charge < -0.3 is 15.0 Å². The number of alkyl carbamates (subject to hydrolysis) is 1. The van der Waals surface area contributed by atoms with Crippen LogP contribution in [0.25, 0.3) is 0 Å². The summed E-state index contributed by atoms with van der Waals surface area (Å²) in [7, 11) is 0. The van der Waals surface area contributed by atoms with Gasteiger partial charge in [0, 0.05) is 19.5 Å². The molecule has 5 heteroatoms. The number of nitrogens with one attached hydrogen (secondary N) is 1. The van der Waals surface area contributed by atoms with Crippen LogP contribution in [-0.4, -0.2) is 35.6 Å². The van der Waals surface area contributed by atoms with E-state index in [1.165, 1.54) is 0 Å². The summed E-state index contributed by atoms with van der Waals surface area (Å²) in [5.74, 6) is 0.145. The van der Waals surface area contributed by atoms with E-state index >= 15 is 0 Å². The number of hydrogen-bond acceptors (Lipinski definition) is 3. The number of carbonyl (C=O) groups is 2. The minimum absolute atomic E-state index is 0.145. The Morgan fingerprint density at radius 3 is 2.55 bits per heavy atom. The van der Waals surface area contributed by atoms with Crippen molar-refractivity contribution in [1.29, 1.82) is 0 Å². The van der Waals surface area contributed by atoms with E-state index in [0.717, 1.165) is 18.5 Å². The smallest absolute Gasteiger partial charge is 0.408 e. The van der Waals surface area contributed by atoms with Gasteiger partial charge in [0.25, 0.3) is 0 Å². The number of benzene rings is 1. The van der Waals surface area contributed by atoms with Crippen LogP contribution in [0, 0.1) is 0 Å². The quantitative estimate of drug-likeness (QED) is 0.930. The second-order valence-electron chi connectivity index (χ2n) is 6.55. The fourth-order valence-corrected chi connectivity index (χ4v) is 2.49. The van der Waals surface area contributed by atoms with Crippen LogP contribution in [-0.2, 0) is 9.53 Å². The molecule has 1 aromatic carbocycles. The van der Waals surface area contributed by atoms with E-state index in [2.05, 4.69) is 5.32 Å². The van der Waals surface area contributed by atoms with Crippen molar-refractivity contribution >= 4 is 12.0 Å². The van der Waals surface area contributed by atoms with Crippen LogP contribution in [0.5, 0.6) is 0 Å². The van der Waals surface area contributed by atoms with Gasteiger partial charge in [-0.2, -0.15) is 0 Å². The number of amides is 2. The first-order chi connectivity index (χ1) is 10.3. The fourth-order valence-electron chi connectivity index (χ4n) is 2.49. The zero-order valence-corrected chi connectivity index (χ0v) is 13.5. The summed E-state index contributed by atoms with van der Waals surface area (Å²) in [6, 6.07) is 9.40. The molecule has 0 radical (unpaired) electrons. The Labute approximate surface area is 131 Å². The third kappa shape index (κ3) is 4.76. The van der Waals surface area contributed by atoms with Gasteiger partial charge in [-0.15, -0.1) is 0 Å². The van der Waals surface area contributed by atoms with Crippen LogP contribution < -0.4 is 5.32 Å². The zero-order valence-electron chi connectivity index (χ0n) is 13.5. The maximum atomic E-state index is 12.1. The molecule has 1 aromatic rings. The summed E-state index contributed by atoms with van der Waals surface area (Å²) < 4.78 is 5.33. The van der Waals surface area contributed by atoms with Crippen LogP contribution in [0.2, 0.25) is 0 Å². The summed E-state index contributed by atoms with van der Waals surface area (Å²) in [5, 5.41) is 2.88. The zero-order chi connectivity index (χ0) is 16.2. The lowest BCUT2D eigenvalue weighted by molar-refractivity contribution is -0.128. The molecule has 1 N–H and O–H groups in total. The molecule has 1 heterocycles. The predicted molar refractivity (Wildman–Crippen MR) is 84.4 cm³/mol. The van der Waals surface area contributed by atoms with E-state index < -0.39 is 11.7 Å². The lowest BCUT2D eigenvalue weighted by atomic mass is 10.1. The Bertz CT molecular complexity index is 522. The van der Waals surface area contributed by atoms with Gasteiger partial charge in [-0.05, 0) is 32.8 Å². The highest BCUT2D eigenvalue weighted by atomic mass is 16.6. The molecule has 1 fully saturated rings. The van der Waals surface area contributed by atoms with Crippen molar-refractivity contribution in [3.05, 3.63) is 35.9 Å². The second-order valence-corrected chi connectivity index (χ2v) is 6.55. The third-order valence-electron chi connectivity index (χ3n) is 3.47. The molecule has 22 heavy (non-hydrogen) atoms. The Hall–Kier alpha value is -2.04. The molecule has 0 spiro atoms. The third-order valence-corrected chi connectivity index (χ3v) is 3.47. The minimum atomic E-state index is -0.547. The highest BCUT2D eigenvalue weighted by Crippen LogP contribution is 2.19. The molecule has 0 bridgehead atoms. The van der Waals surface area contributed by atoms with Gasteiger partial charge >= 0.3 is 6.09 Å². The van der Waals surface area contributed by atoms with Crippen molar-refractivity contribution in [2.75, 3.05) is 13.1 Å². The maximum Gasteiger partial charge on any atom is 0.408 e. The van der Waals surface area contributed by atoms with E-state index in [1.54, 1.807) is 4.90 Å². The first-order valence-corrected chi connectivity index (χ1v) is 7.67. The van der Waals surface area contributed by atoms with Gasteiger partial charge in [-0.3, -0.25) is 4.79 Å². The molecule has 1 unspecified atom stereocenters. The number of rotatable bonds is 4. The Morgan fingerprint density at radius 1 is 1.32 bits per heavy atom. The maximum absolute atomic E-state index is 12.1. The average Bonchev–Trinajstić information content (AvgIpc) is 2.82. The standard InChI is InChI=1S/C17H24N2O3/c1-17(2,3)22-16(21)18-14(13-8-5-4-6-9-13)12-19-11-7-10-15(19)20/h4-6,8-9,14H,7,10-12H2,1-3H3,(H,18,21). The lowest BCUT2D eigenvalue weighted by Gasteiger charge is -2.27. The van der Waals surface area contributed by atoms with Crippen molar-refractivity contribution in [2.24, 2.45) is 0 Å². The molecule has 1 atom stereocenters. The van der Waals surface area contributed by atoms with Crippen molar-refractivity contribution in [2.45, 2.75) is 45.3 Å². The van der Waals surface area contributed by atoms with Gasteiger partial charge in [0.15, 0.2) is 0 Å². The highest BCUT2D eigenvalue weighted by Gasteiger charge is 2.26. The van der Waals surface area contributed by atoms with Crippen molar-refractivity contribution < 1.29 is 14.3 Å². The number of ether oxygens (including phenoxy) is 1. The molecule has 0 saturated carbocycles. The van der Waals surface area contributed by atoms with Gasteiger partial charge in [0.05, 0.1) is 6.04 Å². The van der Waals surface area contributed by atoms with Crippen LogP contribution in [0.4, 0.5) is 4.79 Å². The molecule has 1 saturated heterocycles. The molecule has 2 rings (SSSR count). The van der Waals surface area contributed by atoms with Gasteiger partial charge in [0.2, 0.25) is 5.91 Å². The van der Waals surface area contributed by atoms with Crippen LogP contribution >= 0.6 is 0 Å². The second kappa shape index (κ2) is 6.81. The molecule has 1 aliphatic heterocycles. The van der Waals surface area contributed by atoms with Gasteiger partial charge in [0.1, 0.15) is 5.60 Å². The van der Waals surface area contributed by atoms with Gasteiger partial charge in [-0.25, -0.2) is 4.79 Å². The van der Waals surface area contributed by atoms with Crippen molar-refractivity contribution in [3.63, 3.8) is 0 Å². The molecular formula is C17H24N2O3.